The monoisotopic (exact) mass is 375 g/mol. The molecule has 0 bridgehead atoms. The fraction of sp³-hybridized carbons (Fsp3) is 0.333. The molecule has 1 saturated carbocycles. The molecule has 0 radical (unpaired) electrons. The molecule has 2 heterocycles. The predicted molar refractivity (Wildman–Crippen MR) is 109 cm³/mol. The van der Waals surface area contributed by atoms with Crippen molar-refractivity contribution >= 4 is 0 Å². The number of hydrogen-bond donors (Lipinski definition) is 1. The second-order valence-electron chi connectivity index (χ2n) is 7.59. The van der Waals surface area contributed by atoms with Crippen LogP contribution in [0.1, 0.15) is 54.1 Å². The molecule has 144 valence electrons. The van der Waals surface area contributed by atoms with E-state index in [1.807, 2.05) is 42.6 Å². The number of benzene rings is 1. The van der Waals surface area contributed by atoms with E-state index >= 15 is 0 Å². The molecule has 0 saturated heterocycles. The van der Waals surface area contributed by atoms with Crippen LogP contribution in [0.5, 0.6) is 5.75 Å². The fourth-order valence-corrected chi connectivity index (χ4v) is 3.89. The summed E-state index contributed by atoms with van der Waals surface area (Å²) in [6.07, 6.45) is 9.26. The fourth-order valence-electron chi connectivity index (χ4n) is 3.89. The van der Waals surface area contributed by atoms with Crippen LogP contribution < -0.4 is 5.63 Å². The van der Waals surface area contributed by atoms with Crippen molar-refractivity contribution in [2.45, 2.75) is 44.4 Å². The van der Waals surface area contributed by atoms with Gasteiger partial charge in [-0.15, -0.1) is 0 Å². The van der Waals surface area contributed by atoms with Crippen molar-refractivity contribution in [3.63, 3.8) is 0 Å². The van der Waals surface area contributed by atoms with Crippen LogP contribution in [0.4, 0.5) is 0 Å². The van der Waals surface area contributed by atoms with Gasteiger partial charge in [0.15, 0.2) is 0 Å². The number of aromatic nitrogens is 1. The molecule has 2 aromatic heterocycles. The topological polar surface area (TPSA) is 63.3 Å². The predicted octanol–water partition coefficient (Wildman–Crippen LogP) is 4.85. The Morgan fingerprint density at radius 3 is 2.54 bits per heavy atom. The summed E-state index contributed by atoms with van der Waals surface area (Å²) in [6, 6.07) is 15.6. The van der Waals surface area contributed by atoms with E-state index in [2.05, 4.69) is 11.1 Å². The Morgan fingerprint density at radius 2 is 1.86 bits per heavy atom. The summed E-state index contributed by atoms with van der Waals surface area (Å²) < 4.78 is 5.59. The first-order valence-electron chi connectivity index (χ1n) is 10.0. The second kappa shape index (κ2) is 8.42. The van der Waals surface area contributed by atoms with Crippen molar-refractivity contribution in [2.75, 3.05) is 0 Å². The van der Waals surface area contributed by atoms with Crippen LogP contribution in [0.3, 0.4) is 0 Å². The summed E-state index contributed by atoms with van der Waals surface area (Å²) in [6.45, 7) is 0. The molecule has 1 N–H and O–H groups in total. The highest BCUT2D eigenvalue weighted by Crippen LogP contribution is 2.47. The summed E-state index contributed by atoms with van der Waals surface area (Å²) in [5, 5.41) is 10.6. The van der Waals surface area contributed by atoms with Gasteiger partial charge in [0.1, 0.15) is 11.5 Å². The lowest BCUT2D eigenvalue weighted by molar-refractivity contribution is 0.400. The van der Waals surface area contributed by atoms with Gasteiger partial charge in [-0.3, -0.25) is 4.98 Å². The van der Waals surface area contributed by atoms with Crippen LogP contribution in [0.25, 0.3) is 0 Å². The molecule has 1 fully saturated rings. The van der Waals surface area contributed by atoms with E-state index in [0.29, 0.717) is 23.7 Å². The van der Waals surface area contributed by atoms with E-state index in [1.165, 1.54) is 5.56 Å². The zero-order valence-electron chi connectivity index (χ0n) is 15.9. The number of aromatic hydroxyl groups is 1. The van der Waals surface area contributed by atoms with E-state index in [0.717, 1.165) is 37.7 Å². The number of rotatable bonds is 8. The third-order valence-corrected chi connectivity index (χ3v) is 5.44. The highest BCUT2D eigenvalue weighted by Gasteiger charge is 2.37. The van der Waals surface area contributed by atoms with Gasteiger partial charge in [-0.1, -0.05) is 36.4 Å². The van der Waals surface area contributed by atoms with Gasteiger partial charge in [0.25, 0.3) is 0 Å². The zero-order chi connectivity index (χ0) is 19.3. The van der Waals surface area contributed by atoms with Crippen molar-refractivity contribution in [1.29, 1.82) is 0 Å². The molecule has 0 amide bonds. The minimum atomic E-state index is -0.400. The van der Waals surface area contributed by atoms with Gasteiger partial charge in [-0.2, -0.15) is 0 Å². The molecular formula is C24H25NO3. The molecule has 1 aromatic carbocycles. The van der Waals surface area contributed by atoms with Crippen LogP contribution in [-0.2, 0) is 12.8 Å². The first kappa shape index (κ1) is 18.5. The number of hydrogen-bond acceptors (Lipinski definition) is 4. The summed E-state index contributed by atoms with van der Waals surface area (Å²) in [5.41, 5.74) is 2.28. The summed E-state index contributed by atoms with van der Waals surface area (Å²) >= 11 is 0. The molecule has 0 spiro atoms. The van der Waals surface area contributed by atoms with Gasteiger partial charge < -0.3 is 9.52 Å². The first-order chi connectivity index (χ1) is 13.7. The van der Waals surface area contributed by atoms with Crippen molar-refractivity contribution in [1.82, 2.24) is 4.98 Å². The third-order valence-electron chi connectivity index (χ3n) is 5.44. The van der Waals surface area contributed by atoms with E-state index < -0.39 is 5.63 Å². The highest BCUT2D eigenvalue weighted by molar-refractivity contribution is 5.41. The summed E-state index contributed by atoms with van der Waals surface area (Å²) in [5.74, 6) is 0.943. The molecule has 28 heavy (non-hydrogen) atoms. The van der Waals surface area contributed by atoms with Gasteiger partial charge in [-0.25, -0.2) is 4.79 Å². The van der Waals surface area contributed by atoms with Crippen LogP contribution in [0.15, 0.2) is 70.1 Å². The molecular weight excluding hydrogens is 350 g/mol. The SMILES string of the molecule is O=c1oc(CCCCc2cccnc2)cc(O)c1C(c1ccccc1)C1CC1. The molecule has 1 atom stereocenters. The smallest absolute Gasteiger partial charge is 0.343 e. The largest absolute Gasteiger partial charge is 0.507 e. The van der Waals surface area contributed by atoms with Crippen LogP contribution in [0.2, 0.25) is 0 Å². The minimum Gasteiger partial charge on any atom is -0.507 e. The average molecular weight is 375 g/mol. The summed E-state index contributed by atoms with van der Waals surface area (Å²) in [4.78, 5) is 16.8. The van der Waals surface area contributed by atoms with Gasteiger partial charge >= 0.3 is 5.63 Å². The number of aryl methyl sites for hydroxylation is 2. The van der Waals surface area contributed by atoms with E-state index in [9.17, 15) is 9.90 Å². The van der Waals surface area contributed by atoms with Crippen LogP contribution >= 0.6 is 0 Å². The Morgan fingerprint density at radius 1 is 1.07 bits per heavy atom. The van der Waals surface area contributed by atoms with E-state index in [1.54, 1.807) is 12.3 Å². The van der Waals surface area contributed by atoms with Crippen LogP contribution in [-0.4, -0.2) is 10.1 Å². The Kier molecular flexibility index (Phi) is 5.56. The molecule has 0 aliphatic heterocycles. The maximum atomic E-state index is 12.7. The standard InChI is InChI=1S/C24H25NO3/c26-21-15-20(11-5-4-7-17-8-6-14-25-16-17)28-24(27)23(21)22(19-12-13-19)18-9-2-1-3-10-18/h1-3,6,8-10,14-16,19,22,26H,4-5,7,11-13H2. The minimum absolute atomic E-state index is 0.0688. The third kappa shape index (κ3) is 4.33. The number of nitrogens with zero attached hydrogens (tertiary/aromatic N) is 1. The quantitative estimate of drug-likeness (QED) is 0.572. The normalized spacial score (nSPS) is 14.7. The van der Waals surface area contributed by atoms with E-state index in [4.69, 9.17) is 4.42 Å². The maximum absolute atomic E-state index is 12.7. The molecule has 1 aliphatic carbocycles. The molecule has 4 rings (SSSR count). The lowest BCUT2D eigenvalue weighted by Gasteiger charge is -2.17. The number of unbranched alkanes of at least 4 members (excludes halogenated alkanes) is 1. The Bertz CT molecular complexity index is 962. The summed E-state index contributed by atoms with van der Waals surface area (Å²) in [7, 11) is 0. The van der Waals surface area contributed by atoms with Crippen molar-refractivity contribution in [2.24, 2.45) is 5.92 Å². The van der Waals surface area contributed by atoms with Gasteiger partial charge in [0, 0.05) is 30.8 Å². The molecule has 4 nitrogen and oxygen atoms in total. The maximum Gasteiger partial charge on any atom is 0.343 e. The van der Waals surface area contributed by atoms with Crippen molar-refractivity contribution in [3.05, 3.63) is 93.8 Å². The number of pyridine rings is 1. The van der Waals surface area contributed by atoms with Crippen molar-refractivity contribution in [3.8, 4) is 5.75 Å². The van der Waals surface area contributed by atoms with Crippen molar-refractivity contribution < 1.29 is 9.52 Å². The Labute approximate surface area is 164 Å². The molecule has 4 heteroatoms. The van der Waals surface area contributed by atoms with Crippen LogP contribution in [0, 0.1) is 5.92 Å². The molecule has 3 aromatic rings. The van der Waals surface area contributed by atoms with Gasteiger partial charge in [0.05, 0.1) is 5.56 Å². The molecule has 1 aliphatic rings. The average Bonchev–Trinajstić information content (AvgIpc) is 3.54. The van der Waals surface area contributed by atoms with Gasteiger partial charge in [-0.05, 0) is 55.2 Å². The highest BCUT2D eigenvalue weighted by atomic mass is 16.4. The Balaban J connectivity index is 1.46. The Hall–Kier alpha value is -2.88. The second-order valence-corrected chi connectivity index (χ2v) is 7.59. The molecule has 1 unspecified atom stereocenters. The lowest BCUT2D eigenvalue weighted by Crippen LogP contribution is -2.16. The first-order valence-corrected chi connectivity index (χ1v) is 10.0. The van der Waals surface area contributed by atoms with E-state index in [-0.39, 0.29) is 11.7 Å². The van der Waals surface area contributed by atoms with Gasteiger partial charge in [0.2, 0.25) is 0 Å². The lowest BCUT2D eigenvalue weighted by atomic mass is 9.87. The zero-order valence-corrected chi connectivity index (χ0v) is 15.9.